The quantitative estimate of drug-likeness (QED) is 0.119. The predicted molar refractivity (Wildman–Crippen MR) is 184 cm³/mol. The number of benzene rings is 2. The summed E-state index contributed by atoms with van der Waals surface area (Å²) in [5.74, 6) is -1.46. The summed E-state index contributed by atoms with van der Waals surface area (Å²) >= 11 is 0. The van der Waals surface area contributed by atoms with Gasteiger partial charge in [-0.2, -0.15) is 4.98 Å². The summed E-state index contributed by atoms with van der Waals surface area (Å²) in [7, 11) is -4.06. The molecule has 2 aromatic carbocycles. The molecule has 0 bridgehead atoms. The number of nitrogen functional groups attached to an aromatic ring is 1. The maximum Gasteiger partial charge on any atom is 0.380 e. The number of carbonyl (C=O) groups is 2. The highest BCUT2D eigenvalue weighted by molar-refractivity contribution is 7.54. The van der Waals surface area contributed by atoms with Crippen molar-refractivity contribution in [3.05, 3.63) is 94.5 Å². The standard InChI is InChI=1S/C36H46N3O8P/c1-5-27(6-2)22-44-34(41)29(19-28-13-9-7-10-14-28)23-48(43,47-31-15-11-8-12-16-31)46-25-36(24-45-33(40)26(3)4)20-30(36)21-39-18-17-32(37)38-35(39)42/h7-18,21,26-27,29H,5-6,19-20,22-25H2,1-4H3,(H2,37,38,42)/b30-21-/t29-,36?,48+/m1/s1. The van der Waals surface area contributed by atoms with Crippen molar-refractivity contribution in [3.8, 4) is 5.75 Å². The zero-order valence-corrected chi connectivity index (χ0v) is 29.0. The van der Waals surface area contributed by atoms with E-state index in [2.05, 4.69) is 4.98 Å². The Morgan fingerprint density at radius 2 is 1.65 bits per heavy atom. The first kappa shape index (κ1) is 36.6. The van der Waals surface area contributed by atoms with E-state index < -0.39 is 36.6 Å². The fourth-order valence-electron chi connectivity index (χ4n) is 5.11. The van der Waals surface area contributed by atoms with Crippen molar-refractivity contribution in [1.82, 2.24) is 9.55 Å². The van der Waals surface area contributed by atoms with Gasteiger partial charge in [0.15, 0.2) is 0 Å². The molecular formula is C36H46N3O8P. The molecule has 11 nitrogen and oxygen atoms in total. The van der Waals surface area contributed by atoms with Crippen LogP contribution in [0.1, 0.15) is 52.5 Å². The number of aromatic nitrogens is 2. The Balaban J connectivity index is 1.64. The number of hydrogen-bond donors (Lipinski definition) is 1. The van der Waals surface area contributed by atoms with E-state index in [0.29, 0.717) is 12.2 Å². The van der Waals surface area contributed by atoms with Crippen LogP contribution in [0.25, 0.3) is 6.20 Å². The van der Waals surface area contributed by atoms with Crippen LogP contribution in [0, 0.1) is 23.2 Å². The molecule has 0 amide bonds. The highest BCUT2D eigenvalue weighted by atomic mass is 31.2. The van der Waals surface area contributed by atoms with Crippen LogP contribution in [-0.2, 0) is 34.6 Å². The number of nitrogens with two attached hydrogens (primary N) is 1. The number of esters is 2. The maximum atomic E-state index is 14.8. The topological polar surface area (TPSA) is 149 Å². The molecule has 4 rings (SSSR count). The monoisotopic (exact) mass is 679 g/mol. The second-order valence-corrected chi connectivity index (χ2v) is 14.6. The van der Waals surface area contributed by atoms with E-state index in [1.807, 2.05) is 44.2 Å². The van der Waals surface area contributed by atoms with Gasteiger partial charge in [-0.3, -0.25) is 18.7 Å². The third-order valence-corrected chi connectivity index (χ3v) is 10.3. The van der Waals surface area contributed by atoms with E-state index in [1.165, 1.54) is 16.8 Å². The summed E-state index contributed by atoms with van der Waals surface area (Å²) < 4.78 is 39.7. The van der Waals surface area contributed by atoms with E-state index in [-0.39, 0.29) is 50.1 Å². The Morgan fingerprint density at radius 1 is 0.979 bits per heavy atom. The van der Waals surface area contributed by atoms with Gasteiger partial charge in [0.2, 0.25) is 0 Å². The number of nitrogens with zero attached hydrogens (tertiary/aromatic N) is 2. The van der Waals surface area contributed by atoms with Gasteiger partial charge in [-0.15, -0.1) is 0 Å². The second kappa shape index (κ2) is 16.8. The summed E-state index contributed by atoms with van der Waals surface area (Å²) in [6.07, 6.45) is 5.23. The smallest absolute Gasteiger partial charge is 0.380 e. The average molecular weight is 680 g/mol. The lowest BCUT2D eigenvalue weighted by Crippen LogP contribution is -2.28. The minimum atomic E-state index is -4.06. The molecule has 0 saturated heterocycles. The average Bonchev–Trinajstić information content (AvgIpc) is 3.77. The Kier molecular flexibility index (Phi) is 12.8. The number of carbonyl (C=O) groups excluding carboxylic acids is 2. The zero-order valence-electron chi connectivity index (χ0n) is 28.1. The number of hydrogen-bond acceptors (Lipinski definition) is 10. The first-order chi connectivity index (χ1) is 23.0. The van der Waals surface area contributed by atoms with E-state index in [4.69, 9.17) is 24.3 Å². The van der Waals surface area contributed by atoms with Gasteiger partial charge in [0, 0.05) is 12.4 Å². The van der Waals surface area contributed by atoms with Gasteiger partial charge in [-0.05, 0) is 48.1 Å². The van der Waals surface area contributed by atoms with Crippen molar-refractivity contribution < 1.29 is 32.7 Å². The minimum Gasteiger partial charge on any atom is -0.465 e. The lowest BCUT2D eigenvalue weighted by Gasteiger charge is -2.26. The Morgan fingerprint density at radius 3 is 2.27 bits per heavy atom. The van der Waals surface area contributed by atoms with Gasteiger partial charge in [0.05, 0.1) is 36.6 Å². The van der Waals surface area contributed by atoms with Gasteiger partial charge in [0.1, 0.15) is 18.2 Å². The van der Waals surface area contributed by atoms with Gasteiger partial charge in [-0.25, -0.2) is 9.36 Å². The minimum absolute atomic E-state index is 0.0662. The van der Waals surface area contributed by atoms with E-state index in [0.717, 1.165) is 24.0 Å². The third kappa shape index (κ3) is 10.4. The molecule has 3 aromatic rings. The molecule has 258 valence electrons. The SMILES string of the molecule is CCC(CC)COC(=O)[C@H](Cc1ccccc1)C[P@](=O)(OCC1(COC(=O)C(C)C)C/C1=C/n1ccc(N)nc1=O)Oc1ccccc1. The molecule has 1 saturated carbocycles. The van der Waals surface area contributed by atoms with E-state index >= 15 is 0 Å². The van der Waals surface area contributed by atoms with E-state index in [9.17, 15) is 18.9 Å². The summed E-state index contributed by atoms with van der Waals surface area (Å²) in [6.45, 7) is 7.59. The van der Waals surface area contributed by atoms with Crippen LogP contribution in [0.3, 0.4) is 0 Å². The number of anilines is 1. The molecule has 1 aliphatic rings. The Bertz CT molecular complexity index is 1660. The van der Waals surface area contributed by atoms with Crippen LogP contribution in [0.15, 0.2) is 83.3 Å². The van der Waals surface area contributed by atoms with Crippen molar-refractivity contribution in [2.24, 2.45) is 23.2 Å². The Labute approximate surface area is 282 Å². The number of para-hydroxylation sites is 1. The first-order valence-corrected chi connectivity index (χ1v) is 18.1. The lowest BCUT2D eigenvalue weighted by atomic mass is 10.0. The highest BCUT2D eigenvalue weighted by Gasteiger charge is 2.52. The summed E-state index contributed by atoms with van der Waals surface area (Å²) in [6, 6.07) is 19.6. The molecule has 0 radical (unpaired) electrons. The molecule has 2 N–H and O–H groups in total. The molecule has 48 heavy (non-hydrogen) atoms. The Hall–Kier alpha value is -4.21. The van der Waals surface area contributed by atoms with Crippen LogP contribution < -0.4 is 15.9 Å². The van der Waals surface area contributed by atoms with Crippen LogP contribution in [-0.4, -0.2) is 47.5 Å². The summed E-state index contributed by atoms with van der Waals surface area (Å²) in [4.78, 5) is 42.3. The third-order valence-electron chi connectivity index (χ3n) is 8.44. The molecule has 12 heteroatoms. The normalized spacial score (nSPS) is 18.3. The van der Waals surface area contributed by atoms with Crippen LogP contribution in [0.5, 0.6) is 5.75 Å². The van der Waals surface area contributed by atoms with Gasteiger partial charge < -0.3 is 19.7 Å². The molecule has 1 unspecified atom stereocenters. The van der Waals surface area contributed by atoms with Crippen LogP contribution in [0.4, 0.5) is 5.82 Å². The maximum absolute atomic E-state index is 14.8. The van der Waals surface area contributed by atoms with Crippen LogP contribution in [0.2, 0.25) is 0 Å². The fourth-order valence-corrected chi connectivity index (χ4v) is 7.05. The molecule has 0 spiro atoms. The van der Waals surface area contributed by atoms with Crippen LogP contribution >= 0.6 is 7.60 Å². The first-order valence-electron chi connectivity index (χ1n) is 16.4. The molecule has 0 aliphatic heterocycles. The molecule has 1 aromatic heterocycles. The van der Waals surface area contributed by atoms with Gasteiger partial charge in [0.25, 0.3) is 0 Å². The van der Waals surface area contributed by atoms with Crippen molar-refractivity contribution in [2.75, 3.05) is 31.7 Å². The molecule has 1 heterocycles. The van der Waals surface area contributed by atoms with Crippen molar-refractivity contribution in [2.45, 2.75) is 53.4 Å². The van der Waals surface area contributed by atoms with E-state index in [1.54, 1.807) is 50.4 Å². The van der Waals surface area contributed by atoms with Crippen molar-refractivity contribution in [1.29, 1.82) is 0 Å². The zero-order chi connectivity index (χ0) is 34.7. The molecular weight excluding hydrogens is 633 g/mol. The summed E-state index contributed by atoms with van der Waals surface area (Å²) in [5, 5.41) is 0. The van der Waals surface area contributed by atoms with Crippen molar-refractivity contribution in [3.63, 3.8) is 0 Å². The molecule has 1 aliphatic carbocycles. The lowest BCUT2D eigenvalue weighted by molar-refractivity contribution is -0.150. The molecule has 3 atom stereocenters. The van der Waals surface area contributed by atoms with Gasteiger partial charge >= 0.3 is 25.2 Å². The number of ether oxygens (including phenoxy) is 2. The predicted octanol–water partition coefficient (Wildman–Crippen LogP) is 6.38. The fraction of sp³-hybridized carbons (Fsp3) is 0.444. The highest BCUT2D eigenvalue weighted by Crippen LogP contribution is 2.58. The van der Waals surface area contributed by atoms with Crippen molar-refractivity contribution >= 4 is 31.6 Å². The second-order valence-electron chi connectivity index (χ2n) is 12.6. The molecule has 1 fully saturated rings. The number of rotatable bonds is 18. The summed E-state index contributed by atoms with van der Waals surface area (Å²) in [5.41, 5.74) is 5.80. The largest absolute Gasteiger partial charge is 0.465 e. The van der Waals surface area contributed by atoms with Gasteiger partial charge in [-0.1, -0.05) is 89.1 Å².